The molecule has 2 heterocycles. The maximum absolute atomic E-state index is 12.2. The van der Waals surface area contributed by atoms with Gasteiger partial charge >= 0.3 is 0 Å². The van der Waals surface area contributed by atoms with Crippen molar-refractivity contribution in [3.05, 3.63) is 11.1 Å². The lowest BCUT2D eigenvalue weighted by Gasteiger charge is -2.35. The Labute approximate surface area is 107 Å². The monoisotopic (exact) mass is 303 g/mol. The Morgan fingerprint density at radius 2 is 2.50 bits per heavy atom. The van der Waals surface area contributed by atoms with Crippen molar-refractivity contribution in [3.8, 4) is 0 Å². The largest absolute Gasteiger partial charge is 0.335 e. The minimum atomic E-state index is 0.0978. The van der Waals surface area contributed by atoms with Crippen molar-refractivity contribution in [2.45, 2.75) is 31.7 Å². The summed E-state index contributed by atoms with van der Waals surface area (Å²) in [4.78, 5) is 14.8. The van der Waals surface area contributed by atoms with Gasteiger partial charge in [-0.25, -0.2) is 0 Å². The van der Waals surface area contributed by atoms with Crippen molar-refractivity contribution < 1.29 is 4.79 Å². The predicted octanol–water partition coefficient (Wildman–Crippen LogP) is 2.32. The van der Waals surface area contributed by atoms with Gasteiger partial charge in [-0.15, -0.1) is 5.10 Å². The van der Waals surface area contributed by atoms with Crippen LogP contribution in [0.1, 0.15) is 35.4 Å². The van der Waals surface area contributed by atoms with Gasteiger partial charge in [-0.05, 0) is 37.2 Å². The zero-order valence-electron chi connectivity index (χ0n) is 8.93. The first-order chi connectivity index (χ1) is 7.83. The van der Waals surface area contributed by atoms with Crippen LogP contribution in [-0.4, -0.2) is 38.3 Å². The van der Waals surface area contributed by atoms with Crippen LogP contribution in [0.15, 0.2) is 6.20 Å². The number of hydrogen-bond acceptors (Lipinski definition) is 4. The summed E-state index contributed by atoms with van der Waals surface area (Å²) in [6.07, 6.45) is 6.04. The molecule has 1 aromatic rings. The van der Waals surface area contributed by atoms with E-state index in [4.69, 9.17) is 0 Å². The highest BCUT2D eigenvalue weighted by molar-refractivity contribution is 9.09. The molecule has 0 radical (unpaired) electrons. The number of amides is 1. The summed E-state index contributed by atoms with van der Waals surface area (Å²) < 4.78 is 3.74. The lowest BCUT2D eigenvalue weighted by Crippen LogP contribution is -2.43. The minimum Gasteiger partial charge on any atom is -0.335 e. The highest BCUT2D eigenvalue weighted by Gasteiger charge is 2.27. The first kappa shape index (κ1) is 12.0. The lowest BCUT2D eigenvalue weighted by molar-refractivity contribution is 0.0615. The number of likely N-dealkylation sites (tertiary alicyclic amines) is 1. The molecule has 0 saturated carbocycles. The van der Waals surface area contributed by atoms with Crippen LogP contribution < -0.4 is 0 Å². The molecule has 1 aromatic heterocycles. The third kappa shape index (κ3) is 2.60. The molecule has 1 aliphatic rings. The lowest BCUT2D eigenvalue weighted by atomic mass is 10.00. The highest BCUT2D eigenvalue weighted by Crippen LogP contribution is 2.23. The molecule has 1 aliphatic heterocycles. The van der Waals surface area contributed by atoms with Crippen LogP contribution in [0, 0.1) is 0 Å². The second-order valence-electron chi connectivity index (χ2n) is 3.91. The molecular weight excluding hydrogens is 290 g/mol. The van der Waals surface area contributed by atoms with Crippen molar-refractivity contribution in [2.75, 3.05) is 11.9 Å². The van der Waals surface area contributed by atoms with E-state index < -0.39 is 0 Å². The number of carbonyl (C=O) groups is 1. The number of aromatic nitrogens is 2. The molecule has 1 saturated heterocycles. The third-order valence-electron chi connectivity index (χ3n) is 2.90. The average Bonchev–Trinajstić information content (AvgIpc) is 2.83. The Morgan fingerprint density at radius 1 is 1.62 bits per heavy atom. The van der Waals surface area contributed by atoms with Crippen molar-refractivity contribution in [3.63, 3.8) is 0 Å². The van der Waals surface area contributed by atoms with Gasteiger partial charge in [-0.3, -0.25) is 4.79 Å². The molecule has 2 rings (SSSR count). The SMILES string of the molecule is O=C(c1cnns1)N1CCCCC1CCBr. The number of alkyl halides is 1. The first-order valence-electron chi connectivity index (χ1n) is 5.47. The van der Waals surface area contributed by atoms with Crippen molar-refractivity contribution in [2.24, 2.45) is 0 Å². The molecular formula is C10H14BrN3OS. The summed E-state index contributed by atoms with van der Waals surface area (Å²) in [5.41, 5.74) is 0. The summed E-state index contributed by atoms with van der Waals surface area (Å²) >= 11 is 4.63. The maximum Gasteiger partial charge on any atom is 0.267 e. The van der Waals surface area contributed by atoms with E-state index in [1.165, 1.54) is 18.0 Å². The number of rotatable bonds is 3. The summed E-state index contributed by atoms with van der Waals surface area (Å²) in [6.45, 7) is 0.869. The molecule has 0 aromatic carbocycles. The topological polar surface area (TPSA) is 46.1 Å². The van der Waals surface area contributed by atoms with Crippen LogP contribution in [-0.2, 0) is 0 Å². The number of halogens is 1. The van der Waals surface area contributed by atoms with Gasteiger partial charge in [0.2, 0.25) is 0 Å². The van der Waals surface area contributed by atoms with E-state index in [-0.39, 0.29) is 5.91 Å². The Hall–Kier alpha value is -0.490. The van der Waals surface area contributed by atoms with E-state index in [9.17, 15) is 4.79 Å². The van der Waals surface area contributed by atoms with Crippen molar-refractivity contribution in [1.29, 1.82) is 0 Å². The second kappa shape index (κ2) is 5.72. The minimum absolute atomic E-state index is 0.0978. The van der Waals surface area contributed by atoms with E-state index >= 15 is 0 Å². The van der Waals surface area contributed by atoms with Crippen LogP contribution in [0.2, 0.25) is 0 Å². The van der Waals surface area contributed by atoms with Gasteiger partial charge in [0, 0.05) is 17.9 Å². The molecule has 1 unspecified atom stereocenters. The molecule has 0 aliphatic carbocycles. The van der Waals surface area contributed by atoms with Gasteiger partial charge in [0.25, 0.3) is 5.91 Å². The maximum atomic E-state index is 12.2. The Balaban J connectivity index is 2.08. The number of piperidine rings is 1. The number of carbonyl (C=O) groups excluding carboxylic acids is 1. The van der Waals surface area contributed by atoms with Gasteiger partial charge in [0.15, 0.2) is 0 Å². The third-order valence-corrected chi connectivity index (χ3v) is 4.01. The van der Waals surface area contributed by atoms with Crippen LogP contribution in [0.25, 0.3) is 0 Å². The Bertz CT molecular complexity index is 342. The van der Waals surface area contributed by atoms with Gasteiger partial charge in [-0.2, -0.15) is 0 Å². The fourth-order valence-corrected chi connectivity index (χ4v) is 3.10. The van der Waals surface area contributed by atoms with Crippen LogP contribution in [0.4, 0.5) is 0 Å². The van der Waals surface area contributed by atoms with E-state index in [0.29, 0.717) is 10.9 Å². The summed E-state index contributed by atoms with van der Waals surface area (Å²) in [5, 5.41) is 4.67. The molecule has 16 heavy (non-hydrogen) atoms. The van der Waals surface area contributed by atoms with Gasteiger partial charge in [0.1, 0.15) is 4.88 Å². The first-order valence-corrected chi connectivity index (χ1v) is 7.36. The molecule has 6 heteroatoms. The smallest absolute Gasteiger partial charge is 0.267 e. The van der Waals surface area contributed by atoms with Gasteiger partial charge < -0.3 is 4.90 Å². The van der Waals surface area contributed by atoms with E-state index in [2.05, 4.69) is 25.5 Å². The van der Waals surface area contributed by atoms with Crippen LogP contribution in [0.3, 0.4) is 0 Å². The van der Waals surface area contributed by atoms with Gasteiger partial charge in [-0.1, -0.05) is 20.4 Å². The quantitative estimate of drug-likeness (QED) is 0.805. The molecule has 1 fully saturated rings. The van der Waals surface area contributed by atoms with E-state index in [1.54, 1.807) is 6.20 Å². The van der Waals surface area contributed by atoms with Crippen molar-refractivity contribution in [1.82, 2.24) is 14.5 Å². The summed E-state index contributed by atoms with van der Waals surface area (Å²) in [5.74, 6) is 0.0978. The number of nitrogens with zero attached hydrogens (tertiary/aromatic N) is 3. The van der Waals surface area contributed by atoms with E-state index in [1.807, 2.05) is 4.90 Å². The molecule has 1 atom stereocenters. The van der Waals surface area contributed by atoms with Crippen LogP contribution in [0.5, 0.6) is 0 Å². The van der Waals surface area contributed by atoms with Gasteiger partial charge in [0.05, 0.1) is 6.20 Å². The zero-order valence-corrected chi connectivity index (χ0v) is 11.3. The van der Waals surface area contributed by atoms with Crippen molar-refractivity contribution >= 4 is 33.4 Å². The average molecular weight is 304 g/mol. The summed E-state index contributed by atoms with van der Waals surface area (Å²) in [6, 6.07) is 0.378. The molecule has 88 valence electrons. The fraction of sp³-hybridized carbons (Fsp3) is 0.700. The zero-order chi connectivity index (χ0) is 11.4. The normalized spacial score (nSPS) is 21.1. The standard InChI is InChI=1S/C10H14BrN3OS/c11-5-4-8-3-1-2-6-14(8)10(15)9-7-12-13-16-9/h7-8H,1-6H2. The molecule has 1 amide bonds. The predicted molar refractivity (Wildman–Crippen MR) is 67.0 cm³/mol. The molecule has 4 nitrogen and oxygen atoms in total. The molecule has 0 N–H and O–H groups in total. The van der Waals surface area contributed by atoms with Crippen LogP contribution >= 0.6 is 27.5 Å². The Morgan fingerprint density at radius 3 is 3.19 bits per heavy atom. The molecule has 0 spiro atoms. The highest BCUT2D eigenvalue weighted by atomic mass is 79.9. The summed E-state index contributed by atoms with van der Waals surface area (Å²) in [7, 11) is 0. The Kier molecular flexibility index (Phi) is 4.29. The number of hydrogen-bond donors (Lipinski definition) is 0. The van der Waals surface area contributed by atoms with E-state index in [0.717, 1.165) is 31.1 Å². The second-order valence-corrected chi connectivity index (χ2v) is 5.49. The molecule has 0 bridgehead atoms. The fourth-order valence-electron chi connectivity index (χ4n) is 2.10.